The van der Waals surface area contributed by atoms with Crippen LogP contribution in [-0.4, -0.2) is 10.3 Å². The Morgan fingerprint density at radius 2 is 1.89 bits per heavy atom. The molecule has 54 valence electrons. The Labute approximate surface area is 56.3 Å². The van der Waals surface area contributed by atoms with Crippen molar-refractivity contribution in [1.29, 1.82) is 0 Å². The number of thioether (sulfide) groups is 1. The van der Waals surface area contributed by atoms with E-state index < -0.39 is 33.8 Å². The molecule has 0 aromatic rings. The first-order chi connectivity index (χ1) is 3.98. The van der Waals surface area contributed by atoms with Gasteiger partial charge in [0.2, 0.25) is 0 Å². The van der Waals surface area contributed by atoms with Crippen LogP contribution in [-0.2, 0) is 15.9 Å². The summed E-state index contributed by atoms with van der Waals surface area (Å²) in [6.45, 7) is 0. The van der Waals surface area contributed by atoms with Gasteiger partial charge in [-0.1, -0.05) is 0 Å². The van der Waals surface area contributed by atoms with Crippen LogP contribution in [0.1, 0.15) is 0 Å². The van der Waals surface area contributed by atoms with Gasteiger partial charge < -0.3 is 0 Å². The van der Waals surface area contributed by atoms with Crippen LogP contribution in [0.15, 0.2) is 0 Å². The third-order valence-electron chi connectivity index (χ3n) is 0.323. The number of halogens is 4. The van der Waals surface area contributed by atoms with Crippen LogP contribution >= 0.6 is 11.8 Å². The second kappa shape index (κ2) is 3.31. The molecule has 7 heteroatoms. The summed E-state index contributed by atoms with van der Waals surface area (Å²) in [5.74, 6) is -3.21. The molecule has 0 amide bonds. The standard InChI is InChI=1S/C2HF4OS2/c3-1(4)8-2(5,6)9-7/h1H/q+1. The maximum absolute atomic E-state index is 11.5. The minimum atomic E-state index is -3.91. The molecule has 0 fully saturated rings. The van der Waals surface area contributed by atoms with E-state index in [0.29, 0.717) is 0 Å². The summed E-state index contributed by atoms with van der Waals surface area (Å²) in [5.41, 5.74) is 0. The third kappa shape index (κ3) is 4.58. The molecular weight excluding hydrogens is 180 g/mol. The molecule has 0 atom stereocenters. The third-order valence-corrected chi connectivity index (χ3v) is 1.46. The van der Waals surface area contributed by atoms with Crippen molar-refractivity contribution in [2.45, 2.75) is 10.3 Å². The van der Waals surface area contributed by atoms with Crippen LogP contribution < -0.4 is 0 Å². The van der Waals surface area contributed by atoms with Crippen molar-refractivity contribution in [3.8, 4) is 0 Å². The zero-order chi connectivity index (χ0) is 7.49. The molecular formula is C2HF4OS2+. The van der Waals surface area contributed by atoms with E-state index in [4.69, 9.17) is 0 Å². The highest BCUT2D eigenvalue weighted by Gasteiger charge is 2.50. The quantitative estimate of drug-likeness (QED) is 0.376. The maximum atomic E-state index is 11.5. The van der Waals surface area contributed by atoms with E-state index >= 15 is 0 Å². The lowest BCUT2D eigenvalue weighted by Crippen LogP contribution is -2.09. The summed E-state index contributed by atoms with van der Waals surface area (Å²) in [6.07, 6.45) is 0. The van der Waals surface area contributed by atoms with Gasteiger partial charge in [-0.15, -0.1) is 8.78 Å². The zero-order valence-electron chi connectivity index (χ0n) is 3.81. The first-order valence-corrected chi connectivity index (χ1v) is 3.25. The van der Waals surface area contributed by atoms with E-state index in [2.05, 4.69) is 0 Å². The lowest BCUT2D eigenvalue weighted by Gasteiger charge is -1.93. The molecule has 0 aromatic carbocycles. The normalized spacial score (nSPS) is 12.1. The number of hydrogen-bond donors (Lipinski definition) is 0. The van der Waals surface area contributed by atoms with Gasteiger partial charge in [-0.3, -0.25) is 0 Å². The van der Waals surface area contributed by atoms with Crippen LogP contribution in [0.25, 0.3) is 0 Å². The van der Waals surface area contributed by atoms with Crippen LogP contribution in [0, 0.1) is 0 Å². The number of alkyl halides is 4. The van der Waals surface area contributed by atoms with E-state index in [1.165, 1.54) is 0 Å². The molecule has 1 nitrogen and oxygen atoms in total. The van der Waals surface area contributed by atoms with Crippen molar-refractivity contribution in [3.63, 3.8) is 0 Å². The monoisotopic (exact) mass is 181 g/mol. The molecule has 0 bridgehead atoms. The van der Waals surface area contributed by atoms with Gasteiger partial charge in [0.25, 0.3) is 5.76 Å². The Balaban J connectivity index is 3.71. The molecule has 9 heavy (non-hydrogen) atoms. The van der Waals surface area contributed by atoms with Gasteiger partial charge in [-0.2, -0.15) is 8.78 Å². The van der Waals surface area contributed by atoms with Crippen molar-refractivity contribution >= 4 is 23.4 Å². The number of hydrogen-bond acceptors (Lipinski definition) is 2. The Hall–Kier alpha value is 0.0900. The lowest BCUT2D eigenvalue weighted by molar-refractivity contribution is 0.188. The van der Waals surface area contributed by atoms with Gasteiger partial charge in [0.15, 0.2) is 0 Å². The van der Waals surface area contributed by atoms with E-state index in [1.807, 2.05) is 0 Å². The summed E-state index contributed by atoms with van der Waals surface area (Å²) < 4.78 is 50.6. The van der Waals surface area contributed by atoms with E-state index in [9.17, 15) is 21.8 Å². The zero-order valence-corrected chi connectivity index (χ0v) is 5.45. The summed E-state index contributed by atoms with van der Waals surface area (Å²) in [7, 11) is 0. The molecule has 0 saturated carbocycles. The molecule has 0 aliphatic heterocycles. The van der Waals surface area contributed by atoms with Crippen molar-refractivity contribution in [3.05, 3.63) is 0 Å². The average molecular weight is 181 g/mol. The minimum Gasteiger partial charge on any atom is -0.197 e. The van der Waals surface area contributed by atoms with Gasteiger partial charge in [0, 0.05) is 4.21 Å². The van der Waals surface area contributed by atoms with Gasteiger partial charge in [-0.25, -0.2) is 0 Å². The summed E-state index contributed by atoms with van der Waals surface area (Å²) >= 11 is -2.10. The molecule has 0 radical (unpaired) electrons. The summed E-state index contributed by atoms with van der Waals surface area (Å²) in [4.78, 5) is 0. The highest BCUT2D eigenvalue weighted by atomic mass is 32.2. The summed E-state index contributed by atoms with van der Waals surface area (Å²) in [6, 6.07) is 0. The Bertz CT molecular complexity index is 105. The average Bonchev–Trinajstić information content (AvgIpc) is 1.63. The van der Waals surface area contributed by atoms with Crippen molar-refractivity contribution < 1.29 is 21.8 Å². The second-order valence-corrected chi connectivity index (χ2v) is 2.97. The molecule has 0 unspecified atom stereocenters. The molecule has 0 rings (SSSR count). The molecule has 0 aromatic heterocycles. The fraction of sp³-hybridized carbons (Fsp3) is 1.00. The SMILES string of the molecule is O=[S+]C(F)(F)SC(F)F. The van der Waals surface area contributed by atoms with Gasteiger partial charge in [0.1, 0.15) is 0 Å². The minimum absolute atomic E-state index is 0.959. The van der Waals surface area contributed by atoms with Crippen molar-refractivity contribution in [2.24, 2.45) is 0 Å². The summed E-state index contributed by atoms with van der Waals surface area (Å²) in [5, 5.41) is 0. The van der Waals surface area contributed by atoms with E-state index in [-0.39, 0.29) is 0 Å². The molecule has 0 aliphatic rings. The van der Waals surface area contributed by atoms with Crippen LogP contribution in [0.3, 0.4) is 0 Å². The highest BCUT2D eigenvalue weighted by molar-refractivity contribution is 8.08. The van der Waals surface area contributed by atoms with Crippen molar-refractivity contribution in [2.75, 3.05) is 0 Å². The van der Waals surface area contributed by atoms with Gasteiger partial charge in [-0.05, 0) is 0 Å². The molecule has 0 heterocycles. The first kappa shape index (κ1) is 9.09. The molecule has 0 spiro atoms. The second-order valence-electron chi connectivity index (χ2n) is 0.925. The molecule has 0 saturated heterocycles. The fourth-order valence-electron chi connectivity index (χ4n) is 0.123. The van der Waals surface area contributed by atoms with Gasteiger partial charge in [0.05, 0.1) is 11.8 Å². The Kier molecular flexibility index (Phi) is 3.34. The molecule has 0 aliphatic carbocycles. The smallest absolute Gasteiger partial charge is 0.197 e. The predicted octanol–water partition coefficient (Wildman–Crippen LogP) is 1.92. The van der Waals surface area contributed by atoms with Crippen LogP contribution in [0.2, 0.25) is 0 Å². The maximum Gasteiger partial charge on any atom is 0.587 e. The van der Waals surface area contributed by atoms with E-state index in [0.717, 1.165) is 0 Å². The fourth-order valence-corrected chi connectivity index (χ4v) is 0.706. The van der Waals surface area contributed by atoms with E-state index in [1.54, 1.807) is 0 Å². The topological polar surface area (TPSA) is 17.1 Å². The highest BCUT2D eigenvalue weighted by Crippen LogP contribution is 2.33. The first-order valence-electron chi connectivity index (χ1n) is 1.63. The molecule has 0 N–H and O–H groups in total. The van der Waals surface area contributed by atoms with Crippen LogP contribution in [0.4, 0.5) is 17.6 Å². The predicted molar refractivity (Wildman–Crippen MR) is 26.6 cm³/mol. The lowest BCUT2D eigenvalue weighted by atomic mass is 11.6. The van der Waals surface area contributed by atoms with Crippen LogP contribution in [0.5, 0.6) is 0 Å². The largest absolute Gasteiger partial charge is 0.587 e. The van der Waals surface area contributed by atoms with Crippen molar-refractivity contribution in [1.82, 2.24) is 0 Å². The Morgan fingerprint density at radius 1 is 1.44 bits per heavy atom. The number of rotatable bonds is 3. The Morgan fingerprint density at radius 3 is 2.00 bits per heavy atom. The van der Waals surface area contributed by atoms with Gasteiger partial charge >= 0.3 is 16.3 Å².